The molecule has 0 fully saturated rings. The molecule has 0 spiro atoms. The highest BCUT2D eigenvalue weighted by molar-refractivity contribution is 7.16. The Kier molecular flexibility index (Phi) is 6.24. The monoisotopic (exact) mass is 353 g/mol. The average molecular weight is 354 g/mol. The van der Waals surface area contributed by atoms with Crippen LogP contribution in [0.2, 0.25) is 5.02 Å². The van der Waals surface area contributed by atoms with Crippen molar-refractivity contribution in [2.45, 2.75) is 26.7 Å². The Labute approximate surface area is 144 Å². The predicted molar refractivity (Wildman–Crippen MR) is 95.5 cm³/mol. The van der Waals surface area contributed by atoms with Crippen LogP contribution in [0.3, 0.4) is 0 Å². The predicted octanol–water partition coefficient (Wildman–Crippen LogP) is 4.14. The van der Waals surface area contributed by atoms with Gasteiger partial charge in [-0.25, -0.2) is 0 Å². The highest BCUT2D eigenvalue weighted by atomic mass is 35.5. The maximum atomic E-state index is 12.1. The van der Waals surface area contributed by atoms with Crippen molar-refractivity contribution in [1.29, 1.82) is 0 Å². The van der Waals surface area contributed by atoms with E-state index < -0.39 is 0 Å². The molecule has 5 nitrogen and oxygen atoms in total. The van der Waals surface area contributed by atoms with E-state index in [1.807, 2.05) is 0 Å². The van der Waals surface area contributed by atoms with E-state index in [4.69, 9.17) is 11.6 Å². The third-order valence-corrected chi connectivity index (χ3v) is 4.78. The molecule has 0 bridgehead atoms. The van der Waals surface area contributed by atoms with E-state index in [9.17, 15) is 9.90 Å². The summed E-state index contributed by atoms with van der Waals surface area (Å²) in [7, 11) is 0. The summed E-state index contributed by atoms with van der Waals surface area (Å²) in [6.07, 6.45) is 1.12. The number of rotatable bonds is 7. The first-order chi connectivity index (χ1) is 11.0. The molecule has 0 saturated carbocycles. The molecule has 0 saturated heterocycles. The van der Waals surface area contributed by atoms with Crippen molar-refractivity contribution in [1.82, 2.24) is 4.98 Å². The van der Waals surface area contributed by atoms with E-state index in [1.54, 1.807) is 24.3 Å². The molecule has 1 unspecified atom stereocenters. The molecule has 0 aliphatic rings. The third-order valence-electron chi connectivity index (χ3n) is 3.44. The first kappa shape index (κ1) is 17.6. The first-order valence-corrected chi connectivity index (χ1v) is 8.66. The molecule has 1 heterocycles. The van der Waals surface area contributed by atoms with Crippen LogP contribution in [0.1, 0.15) is 25.1 Å². The van der Waals surface area contributed by atoms with Crippen LogP contribution in [0.4, 0.5) is 10.8 Å². The summed E-state index contributed by atoms with van der Waals surface area (Å²) < 4.78 is 0. The average Bonchev–Trinajstić information content (AvgIpc) is 2.87. The SMILES string of the molecule is CCC(C)CNc1nc(O)c(CC(=O)Nc2ccccc2Cl)s1. The smallest absolute Gasteiger partial charge is 0.229 e. The maximum absolute atomic E-state index is 12.1. The Balaban J connectivity index is 1.96. The van der Waals surface area contributed by atoms with Gasteiger partial charge in [-0.15, -0.1) is 0 Å². The Bertz CT molecular complexity index is 675. The lowest BCUT2D eigenvalue weighted by Crippen LogP contribution is -2.14. The van der Waals surface area contributed by atoms with Gasteiger partial charge >= 0.3 is 0 Å². The molecule has 1 aromatic carbocycles. The molecule has 1 amide bonds. The lowest BCUT2D eigenvalue weighted by molar-refractivity contribution is -0.115. The van der Waals surface area contributed by atoms with Crippen LogP contribution in [-0.4, -0.2) is 22.5 Å². The van der Waals surface area contributed by atoms with Crippen LogP contribution < -0.4 is 10.6 Å². The summed E-state index contributed by atoms with van der Waals surface area (Å²) in [5.74, 6) is 0.175. The standard InChI is InChI=1S/C16H20ClN3O2S/c1-3-10(2)9-18-16-20-15(22)13(23-16)8-14(21)19-12-7-5-4-6-11(12)17/h4-7,10,22H,3,8-9H2,1-2H3,(H,18,20)(H,19,21). The normalized spacial score (nSPS) is 12.0. The largest absolute Gasteiger partial charge is 0.492 e. The number of carbonyl (C=O) groups is 1. The van der Waals surface area contributed by atoms with Gasteiger partial charge in [-0.1, -0.05) is 55.3 Å². The van der Waals surface area contributed by atoms with Crippen LogP contribution >= 0.6 is 22.9 Å². The van der Waals surface area contributed by atoms with E-state index >= 15 is 0 Å². The highest BCUT2D eigenvalue weighted by Gasteiger charge is 2.15. The van der Waals surface area contributed by atoms with Gasteiger partial charge in [0.1, 0.15) is 0 Å². The fourth-order valence-corrected chi connectivity index (χ4v) is 2.89. The fraction of sp³-hybridized carbons (Fsp3) is 0.375. The van der Waals surface area contributed by atoms with Crippen LogP contribution in [0, 0.1) is 5.92 Å². The lowest BCUT2D eigenvalue weighted by Gasteiger charge is -2.08. The molecule has 2 rings (SSSR count). The Hall–Kier alpha value is -1.79. The van der Waals surface area contributed by atoms with Gasteiger partial charge in [-0.3, -0.25) is 4.79 Å². The van der Waals surface area contributed by atoms with Crippen LogP contribution in [0.5, 0.6) is 5.88 Å². The number of aromatic nitrogens is 1. The van der Waals surface area contributed by atoms with Crippen molar-refractivity contribution < 1.29 is 9.90 Å². The van der Waals surface area contributed by atoms with E-state index in [2.05, 4.69) is 29.5 Å². The number of carbonyl (C=O) groups excluding carboxylic acids is 1. The topological polar surface area (TPSA) is 74.2 Å². The van der Waals surface area contributed by atoms with Gasteiger partial charge in [0.05, 0.1) is 22.0 Å². The van der Waals surface area contributed by atoms with Crippen LogP contribution in [0.15, 0.2) is 24.3 Å². The van der Waals surface area contributed by atoms with E-state index in [-0.39, 0.29) is 18.2 Å². The van der Waals surface area contributed by atoms with Crippen LogP contribution in [-0.2, 0) is 11.2 Å². The van der Waals surface area contributed by atoms with Gasteiger partial charge in [0, 0.05) is 6.54 Å². The molecule has 3 N–H and O–H groups in total. The van der Waals surface area contributed by atoms with Crippen molar-refractivity contribution in [3.63, 3.8) is 0 Å². The maximum Gasteiger partial charge on any atom is 0.229 e. The number of aromatic hydroxyl groups is 1. The third kappa shape index (κ3) is 5.11. The zero-order valence-electron chi connectivity index (χ0n) is 13.1. The minimum absolute atomic E-state index is 0.0553. The second-order valence-corrected chi connectivity index (χ2v) is 6.86. The first-order valence-electron chi connectivity index (χ1n) is 7.46. The number of hydrogen-bond donors (Lipinski definition) is 3. The van der Waals surface area contributed by atoms with Gasteiger partial charge in [-0.2, -0.15) is 4.98 Å². The number of hydrogen-bond acceptors (Lipinski definition) is 5. The molecular formula is C16H20ClN3O2S. The molecular weight excluding hydrogens is 334 g/mol. The summed E-state index contributed by atoms with van der Waals surface area (Å²) in [5, 5.41) is 16.9. The molecule has 124 valence electrons. The zero-order valence-corrected chi connectivity index (χ0v) is 14.7. The van der Waals surface area contributed by atoms with Crippen molar-refractivity contribution in [3.05, 3.63) is 34.2 Å². The molecule has 2 aromatic rings. The number of nitrogens with zero attached hydrogens (tertiary/aromatic N) is 1. The minimum atomic E-state index is -0.245. The number of thiazole rings is 1. The van der Waals surface area contributed by atoms with Crippen molar-refractivity contribution in [3.8, 4) is 5.88 Å². The second-order valence-electron chi connectivity index (χ2n) is 5.36. The molecule has 7 heteroatoms. The van der Waals surface area contributed by atoms with Gasteiger partial charge in [-0.05, 0) is 18.1 Å². The van der Waals surface area contributed by atoms with Gasteiger partial charge < -0.3 is 15.7 Å². The summed E-state index contributed by atoms with van der Waals surface area (Å²) in [5.41, 5.74) is 0.554. The molecule has 0 aliphatic heterocycles. The quantitative estimate of drug-likeness (QED) is 0.699. The van der Waals surface area contributed by atoms with Gasteiger partial charge in [0.25, 0.3) is 0 Å². The highest BCUT2D eigenvalue weighted by Crippen LogP contribution is 2.29. The zero-order chi connectivity index (χ0) is 16.8. The number of anilines is 2. The molecule has 23 heavy (non-hydrogen) atoms. The Morgan fingerprint density at radius 3 is 2.87 bits per heavy atom. The van der Waals surface area contributed by atoms with E-state index in [1.165, 1.54) is 11.3 Å². The Morgan fingerprint density at radius 1 is 1.43 bits per heavy atom. The minimum Gasteiger partial charge on any atom is -0.492 e. The summed E-state index contributed by atoms with van der Waals surface area (Å²) in [4.78, 5) is 16.7. The van der Waals surface area contributed by atoms with Gasteiger partial charge in [0.2, 0.25) is 11.8 Å². The van der Waals surface area contributed by atoms with E-state index in [0.29, 0.717) is 26.6 Å². The molecule has 1 atom stereocenters. The number of para-hydroxylation sites is 1. The van der Waals surface area contributed by atoms with E-state index in [0.717, 1.165) is 13.0 Å². The number of nitrogens with one attached hydrogen (secondary N) is 2. The number of amides is 1. The molecule has 0 aliphatic carbocycles. The Morgan fingerprint density at radius 2 is 2.17 bits per heavy atom. The second kappa shape index (κ2) is 8.17. The fourth-order valence-electron chi connectivity index (χ4n) is 1.84. The number of benzene rings is 1. The van der Waals surface area contributed by atoms with Crippen molar-refractivity contribution in [2.75, 3.05) is 17.2 Å². The number of halogens is 1. The summed E-state index contributed by atoms with van der Waals surface area (Å²) in [6, 6.07) is 7.02. The van der Waals surface area contributed by atoms with Crippen molar-refractivity contribution >= 4 is 39.7 Å². The van der Waals surface area contributed by atoms with Gasteiger partial charge in [0.15, 0.2) is 5.13 Å². The summed E-state index contributed by atoms with van der Waals surface area (Å²) in [6.45, 7) is 5.04. The molecule has 0 radical (unpaired) electrons. The lowest BCUT2D eigenvalue weighted by atomic mass is 10.1. The van der Waals surface area contributed by atoms with Crippen LogP contribution in [0.25, 0.3) is 0 Å². The van der Waals surface area contributed by atoms with Crippen molar-refractivity contribution in [2.24, 2.45) is 5.92 Å². The molecule has 1 aromatic heterocycles. The summed E-state index contributed by atoms with van der Waals surface area (Å²) >= 11 is 7.30.